The largest absolute Gasteiger partial charge is 0.208 e. The Kier molecular flexibility index (Phi) is 8.77. The van der Waals surface area contributed by atoms with E-state index in [-0.39, 0.29) is 0 Å². The minimum absolute atomic E-state index is 0.465. The van der Waals surface area contributed by atoms with E-state index in [2.05, 4.69) is 134 Å². The van der Waals surface area contributed by atoms with Gasteiger partial charge in [0.05, 0.1) is 17.0 Å². The maximum Gasteiger partial charge on any atom is 0.164 e. The van der Waals surface area contributed by atoms with Crippen molar-refractivity contribution in [3.05, 3.63) is 222 Å². The van der Waals surface area contributed by atoms with Crippen molar-refractivity contribution in [3.8, 4) is 73.6 Å². The normalized spacial score (nSPS) is 16.6. The molecule has 0 N–H and O–H groups in total. The van der Waals surface area contributed by atoms with Crippen molar-refractivity contribution >= 4 is 0 Å². The number of allylic oxidation sites excluding steroid dienone is 4. The lowest BCUT2D eigenvalue weighted by atomic mass is 9.64. The fourth-order valence-corrected chi connectivity index (χ4v) is 8.84. The Labute approximate surface area is 339 Å². The number of rotatable bonds is 7. The summed E-state index contributed by atoms with van der Waals surface area (Å²) in [7, 11) is 0. The number of benzene rings is 7. The molecule has 0 fully saturated rings. The van der Waals surface area contributed by atoms with E-state index < -0.39 is 5.41 Å². The SMILES string of the molecule is CC1C=CC([C@]2(c3ccccc3)c3ccccc3-c3c(-c4ccc(-c5nc(-c6ccccc6)nc(-c6ccccc6)n5)cc4)ccc(-c4ccc(C#N)cc4)c32)=CC1. The molecule has 0 aliphatic heterocycles. The Hall–Kier alpha value is -7.48. The molecule has 4 nitrogen and oxygen atoms in total. The Bertz CT molecular complexity index is 2850. The fourth-order valence-electron chi connectivity index (χ4n) is 8.84. The molecule has 7 aromatic carbocycles. The second-order valence-corrected chi connectivity index (χ2v) is 15.1. The second kappa shape index (κ2) is 14.5. The first-order valence-corrected chi connectivity index (χ1v) is 19.8. The van der Waals surface area contributed by atoms with Gasteiger partial charge in [-0.05, 0) is 80.1 Å². The van der Waals surface area contributed by atoms with Crippen LogP contribution in [0.2, 0.25) is 0 Å². The van der Waals surface area contributed by atoms with Gasteiger partial charge in [0.25, 0.3) is 0 Å². The van der Waals surface area contributed by atoms with Crippen LogP contribution in [0.3, 0.4) is 0 Å². The van der Waals surface area contributed by atoms with E-state index in [4.69, 9.17) is 15.0 Å². The smallest absolute Gasteiger partial charge is 0.164 e. The van der Waals surface area contributed by atoms with Crippen LogP contribution < -0.4 is 0 Å². The summed E-state index contributed by atoms with van der Waals surface area (Å²) in [5.41, 5.74) is 14.8. The predicted molar refractivity (Wildman–Crippen MR) is 234 cm³/mol. The molecule has 0 saturated carbocycles. The molecule has 0 radical (unpaired) electrons. The highest BCUT2D eigenvalue weighted by Crippen LogP contribution is 2.61. The molecule has 0 spiro atoms. The molecular formula is C54H38N4. The third-order valence-electron chi connectivity index (χ3n) is 11.6. The Morgan fingerprint density at radius 2 is 1.02 bits per heavy atom. The summed E-state index contributed by atoms with van der Waals surface area (Å²) in [6, 6.07) is 63.7. The van der Waals surface area contributed by atoms with Gasteiger partial charge in [-0.2, -0.15) is 5.26 Å². The van der Waals surface area contributed by atoms with Crippen LogP contribution >= 0.6 is 0 Å². The molecule has 8 aromatic rings. The Morgan fingerprint density at radius 1 is 0.517 bits per heavy atom. The van der Waals surface area contributed by atoms with Crippen LogP contribution in [0.5, 0.6) is 0 Å². The van der Waals surface area contributed by atoms with Crippen LogP contribution in [0.15, 0.2) is 200 Å². The monoisotopic (exact) mass is 742 g/mol. The van der Waals surface area contributed by atoms with Crippen molar-refractivity contribution in [2.75, 3.05) is 0 Å². The molecule has 0 saturated heterocycles. The van der Waals surface area contributed by atoms with E-state index in [1.54, 1.807) is 0 Å². The van der Waals surface area contributed by atoms with Crippen LogP contribution in [0.4, 0.5) is 0 Å². The summed E-state index contributed by atoms with van der Waals surface area (Å²) >= 11 is 0. The molecule has 1 unspecified atom stereocenters. The molecule has 1 aromatic heterocycles. The van der Waals surface area contributed by atoms with Gasteiger partial charge in [-0.3, -0.25) is 0 Å². The highest BCUT2D eigenvalue weighted by atomic mass is 15.0. The highest BCUT2D eigenvalue weighted by molar-refractivity contribution is 6.00. The zero-order valence-corrected chi connectivity index (χ0v) is 32.0. The summed E-state index contributed by atoms with van der Waals surface area (Å²) in [6.07, 6.45) is 8.15. The van der Waals surface area contributed by atoms with Crippen molar-refractivity contribution in [1.29, 1.82) is 5.26 Å². The second-order valence-electron chi connectivity index (χ2n) is 15.1. The molecule has 2 atom stereocenters. The minimum Gasteiger partial charge on any atom is -0.208 e. The molecule has 10 rings (SSSR count). The van der Waals surface area contributed by atoms with Gasteiger partial charge >= 0.3 is 0 Å². The van der Waals surface area contributed by atoms with Gasteiger partial charge in [0, 0.05) is 16.7 Å². The first-order chi connectivity index (χ1) is 28.6. The fraction of sp³-hybridized carbons (Fsp3) is 0.0741. The van der Waals surface area contributed by atoms with Crippen LogP contribution in [0.25, 0.3) is 67.5 Å². The number of hydrogen-bond donors (Lipinski definition) is 0. The Morgan fingerprint density at radius 3 is 1.60 bits per heavy atom. The number of fused-ring (bicyclic) bond motifs is 3. The quantitative estimate of drug-likeness (QED) is 0.163. The van der Waals surface area contributed by atoms with E-state index >= 15 is 0 Å². The average molecular weight is 743 g/mol. The summed E-state index contributed by atoms with van der Waals surface area (Å²) < 4.78 is 0. The van der Waals surface area contributed by atoms with Gasteiger partial charge in [-0.15, -0.1) is 0 Å². The topological polar surface area (TPSA) is 62.5 Å². The molecule has 2 aliphatic rings. The van der Waals surface area contributed by atoms with Crippen LogP contribution in [-0.4, -0.2) is 15.0 Å². The lowest BCUT2D eigenvalue weighted by Gasteiger charge is -2.37. The molecule has 0 bridgehead atoms. The van der Waals surface area contributed by atoms with Crippen molar-refractivity contribution in [2.45, 2.75) is 18.8 Å². The van der Waals surface area contributed by atoms with Gasteiger partial charge in [-0.25, -0.2) is 15.0 Å². The number of nitriles is 1. The zero-order valence-electron chi connectivity index (χ0n) is 32.0. The number of nitrogens with zero attached hydrogens (tertiary/aromatic N) is 4. The third kappa shape index (κ3) is 5.88. The maximum absolute atomic E-state index is 9.71. The van der Waals surface area contributed by atoms with Crippen LogP contribution in [0.1, 0.15) is 35.6 Å². The number of hydrogen-bond acceptors (Lipinski definition) is 4. The lowest BCUT2D eigenvalue weighted by Crippen LogP contribution is -2.30. The molecular weight excluding hydrogens is 705 g/mol. The standard InChI is InChI=1S/C54H38N4/c1-36-21-31-44(32-22-36)54(43-17-9-4-10-18-43)48-20-12-11-19-47(48)49-45(33-34-46(50(49)54)39-25-23-37(35-55)24-26-39)38-27-29-42(30-28-38)53-57-51(40-13-5-2-6-14-40)56-52(58-53)41-15-7-3-8-16-41/h2-21,23-34,36H,22H2,1H3/t36?,54-/m1/s1. The zero-order chi connectivity index (χ0) is 39.1. The van der Waals surface area contributed by atoms with Gasteiger partial charge in [0.1, 0.15) is 0 Å². The van der Waals surface area contributed by atoms with E-state index in [1.807, 2.05) is 72.8 Å². The summed E-state index contributed by atoms with van der Waals surface area (Å²) in [6.45, 7) is 2.28. The summed E-state index contributed by atoms with van der Waals surface area (Å²) in [5, 5.41) is 9.71. The highest BCUT2D eigenvalue weighted by Gasteiger charge is 2.49. The molecule has 2 aliphatic carbocycles. The maximum atomic E-state index is 9.71. The van der Waals surface area contributed by atoms with Crippen molar-refractivity contribution in [1.82, 2.24) is 15.0 Å². The van der Waals surface area contributed by atoms with E-state index in [9.17, 15) is 5.26 Å². The van der Waals surface area contributed by atoms with Crippen molar-refractivity contribution in [2.24, 2.45) is 5.92 Å². The molecule has 58 heavy (non-hydrogen) atoms. The number of aromatic nitrogens is 3. The van der Waals surface area contributed by atoms with E-state index in [0.717, 1.165) is 45.4 Å². The average Bonchev–Trinajstić information content (AvgIpc) is 3.62. The van der Waals surface area contributed by atoms with Crippen molar-refractivity contribution in [3.63, 3.8) is 0 Å². The van der Waals surface area contributed by atoms with E-state index in [0.29, 0.717) is 29.0 Å². The Balaban J connectivity index is 1.19. The van der Waals surface area contributed by atoms with Gasteiger partial charge < -0.3 is 0 Å². The molecule has 1 heterocycles. The molecule has 274 valence electrons. The predicted octanol–water partition coefficient (Wildman–Crippen LogP) is 12.9. The lowest BCUT2D eigenvalue weighted by molar-refractivity contribution is 0.691. The summed E-state index contributed by atoms with van der Waals surface area (Å²) in [5.74, 6) is 2.37. The van der Waals surface area contributed by atoms with Gasteiger partial charge in [0.2, 0.25) is 0 Å². The van der Waals surface area contributed by atoms with Crippen LogP contribution in [0, 0.1) is 17.2 Å². The van der Waals surface area contributed by atoms with E-state index in [1.165, 1.54) is 33.4 Å². The minimum atomic E-state index is -0.574. The van der Waals surface area contributed by atoms with Crippen LogP contribution in [-0.2, 0) is 5.41 Å². The molecule has 0 amide bonds. The first-order valence-electron chi connectivity index (χ1n) is 19.8. The van der Waals surface area contributed by atoms with Crippen molar-refractivity contribution < 1.29 is 0 Å². The molecule has 4 heteroatoms. The van der Waals surface area contributed by atoms with Gasteiger partial charge in [0.15, 0.2) is 17.5 Å². The summed E-state index contributed by atoms with van der Waals surface area (Å²) in [4.78, 5) is 14.9. The first kappa shape index (κ1) is 35.0. The van der Waals surface area contributed by atoms with Gasteiger partial charge in [-0.1, -0.05) is 189 Å². The third-order valence-corrected chi connectivity index (χ3v) is 11.6.